The number of benzene rings is 1. The van der Waals surface area contributed by atoms with E-state index >= 15 is 0 Å². The van der Waals surface area contributed by atoms with Gasteiger partial charge < -0.3 is 10.6 Å². The van der Waals surface area contributed by atoms with E-state index in [1.165, 1.54) is 6.07 Å². The second-order valence-electron chi connectivity index (χ2n) is 8.13. The summed E-state index contributed by atoms with van der Waals surface area (Å²) in [6.45, 7) is 0.540. The second kappa shape index (κ2) is 7.87. The fourth-order valence-corrected chi connectivity index (χ4v) is 3.98. The van der Waals surface area contributed by atoms with Crippen LogP contribution < -0.4 is 5.73 Å². The van der Waals surface area contributed by atoms with Gasteiger partial charge in [0.05, 0.1) is 51.9 Å². The van der Waals surface area contributed by atoms with Crippen LogP contribution in [0.25, 0.3) is 16.6 Å². The number of anilines is 1. The van der Waals surface area contributed by atoms with Gasteiger partial charge in [-0.2, -0.15) is 13.2 Å². The van der Waals surface area contributed by atoms with E-state index < -0.39 is 11.7 Å². The monoisotopic (exact) mass is 474 g/mol. The smallest absolute Gasteiger partial charge is 0.382 e. The molecule has 1 aliphatic carbocycles. The molecule has 5 rings (SSSR count). The van der Waals surface area contributed by atoms with E-state index in [4.69, 9.17) is 17.3 Å². The van der Waals surface area contributed by atoms with Crippen LogP contribution in [0.15, 0.2) is 43.0 Å². The summed E-state index contributed by atoms with van der Waals surface area (Å²) in [6.07, 6.45) is 1.45. The van der Waals surface area contributed by atoms with Crippen LogP contribution in [0.5, 0.6) is 0 Å². The Bertz CT molecular complexity index is 1360. The molecule has 0 unspecified atom stereocenters. The lowest BCUT2D eigenvalue weighted by molar-refractivity contribution is -0.137. The van der Waals surface area contributed by atoms with Gasteiger partial charge in [0.1, 0.15) is 11.3 Å². The zero-order valence-electron chi connectivity index (χ0n) is 17.2. The van der Waals surface area contributed by atoms with E-state index in [0.29, 0.717) is 40.5 Å². The molecule has 1 aromatic carbocycles. The van der Waals surface area contributed by atoms with Crippen LogP contribution in [0, 0.1) is 5.92 Å². The molecule has 33 heavy (non-hydrogen) atoms. The zero-order chi connectivity index (χ0) is 23.3. The summed E-state index contributed by atoms with van der Waals surface area (Å²) in [4.78, 5) is 27.4. The average Bonchev–Trinajstić information content (AvgIpc) is 3.44. The summed E-state index contributed by atoms with van der Waals surface area (Å²) in [5.74, 6) is 0.309. The molecule has 1 fully saturated rings. The van der Waals surface area contributed by atoms with Crippen molar-refractivity contribution >= 4 is 39.9 Å². The highest BCUT2D eigenvalue weighted by atomic mass is 35.5. The number of fused-ring (bicyclic) bond motifs is 3. The molecule has 11 heteroatoms. The largest absolute Gasteiger partial charge is 0.417 e. The normalized spacial score (nSPS) is 14.2. The third-order valence-corrected chi connectivity index (χ3v) is 5.98. The van der Waals surface area contributed by atoms with Crippen LogP contribution >= 0.6 is 11.6 Å². The average molecular weight is 475 g/mol. The lowest BCUT2D eigenvalue weighted by Crippen LogP contribution is -2.33. The summed E-state index contributed by atoms with van der Waals surface area (Å²) in [7, 11) is 0. The van der Waals surface area contributed by atoms with Gasteiger partial charge >= 0.3 is 6.18 Å². The summed E-state index contributed by atoms with van der Waals surface area (Å²) < 4.78 is 40.3. The highest BCUT2D eigenvalue weighted by Crippen LogP contribution is 2.33. The Kier molecular flexibility index (Phi) is 5.12. The quantitative estimate of drug-likeness (QED) is 0.457. The number of imidazole rings is 1. The molecule has 170 valence electrons. The number of pyridine rings is 1. The first-order valence-electron chi connectivity index (χ1n) is 10.2. The van der Waals surface area contributed by atoms with Gasteiger partial charge in [0.25, 0.3) is 5.91 Å². The number of rotatable bonds is 5. The van der Waals surface area contributed by atoms with Crippen LogP contribution in [0.3, 0.4) is 0 Å². The predicted molar refractivity (Wildman–Crippen MR) is 117 cm³/mol. The van der Waals surface area contributed by atoms with E-state index in [1.54, 1.807) is 34.0 Å². The topological polar surface area (TPSA) is 89.4 Å². The van der Waals surface area contributed by atoms with Gasteiger partial charge in [-0.1, -0.05) is 11.6 Å². The maximum absolute atomic E-state index is 13.5. The number of nitrogen functional groups attached to an aromatic ring is 1. The minimum Gasteiger partial charge on any atom is -0.382 e. The molecule has 0 spiro atoms. The zero-order valence-corrected chi connectivity index (χ0v) is 17.9. The number of amides is 1. The van der Waals surface area contributed by atoms with Gasteiger partial charge in [0.2, 0.25) is 0 Å². The number of aromatic nitrogens is 4. The van der Waals surface area contributed by atoms with Gasteiger partial charge in [0.15, 0.2) is 0 Å². The maximum atomic E-state index is 13.5. The molecule has 1 aliphatic rings. The Labute approximate surface area is 191 Å². The Morgan fingerprint density at radius 1 is 1.21 bits per heavy atom. The van der Waals surface area contributed by atoms with Crippen molar-refractivity contribution in [1.82, 2.24) is 24.3 Å². The lowest BCUT2D eigenvalue weighted by atomic mass is 10.1. The molecule has 0 radical (unpaired) electrons. The molecule has 0 bridgehead atoms. The van der Waals surface area contributed by atoms with Crippen molar-refractivity contribution in [3.05, 3.63) is 64.8 Å². The van der Waals surface area contributed by atoms with Crippen LogP contribution in [-0.4, -0.2) is 36.7 Å². The first kappa shape index (κ1) is 21.4. The number of carbonyl (C=O) groups is 1. The summed E-state index contributed by atoms with van der Waals surface area (Å²) in [5, 5.41) is 0.208. The Morgan fingerprint density at radius 2 is 2.00 bits per heavy atom. The third kappa shape index (κ3) is 4.18. The van der Waals surface area contributed by atoms with Gasteiger partial charge in [-0.25, -0.2) is 9.97 Å². The summed E-state index contributed by atoms with van der Waals surface area (Å²) in [6, 6.07) is 5.48. The minimum atomic E-state index is -4.47. The van der Waals surface area contributed by atoms with E-state index in [0.717, 1.165) is 25.1 Å². The van der Waals surface area contributed by atoms with E-state index in [9.17, 15) is 18.0 Å². The van der Waals surface area contributed by atoms with Crippen molar-refractivity contribution in [3.8, 4) is 0 Å². The maximum Gasteiger partial charge on any atom is 0.417 e. The third-order valence-electron chi connectivity index (χ3n) is 5.66. The van der Waals surface area contributed by atoms with E-state index in [1.807, 2.05) is 0 Å². The predicted octanol–water partition coefficient (Wildman–Crippen LogP) is 4.58. The first-order valence-corrected chi connectivity index (χ1v) is 10.6. The molecule has 0 atom stereocenters. The van der Waals surface area contributed by atoms with Crippen molar-refractivity contribution in [1.29, 1.82) is 0 Å². The van der Waals surface area contributed by atoms with Crippen molar-refractivity contribution in [2.24, 2.45) is 5.92 Å². The number of halogens is 4. The van der Waals surface area contributed by atoms with Crippen LogP contribution in [-0.2, 0) is 12.7 Å². The molecule has 1 amide bonds. The fraction of sp³-hybridized carbons (Fsp3) is 0.273. The molecule has 2 N–H and O–H groups in total. The molecule has 0 saturated heterocycles. The molecule has 7 nitrogen and oxygen atoms in total. The highest BCUT2D eigenvalue weighted by molar-refractivity contribution is 6.34. The Hall–Kier alpha value is -3.40. The second-order valence-corrected chi connectivity index (χ2v) is 8.54. The Balaban J connectivity index is 1.50. The Morgan fingerprint density at radius 3 is 2.67 bits per heavy atom. The molecular weight excluding hydrogens is 457 g/mol. The first-order chi connectivity index (χ1) is 15.7. The van der Waals surface area contributed by atoms with E-state index in [2.05, 4.69) is 15.0 Å². The van der Waals surface area contributed by atoms with Crippen LogP contribution in [0.4, 0.5) is 19.0 Å². The molecule has 3 aromatic heterocycles. The number of hydrogen-bond acceptors (Lipinski definition) is 5. The molecule has 1 saturated carbocycles. The SMILES string of the molecule is Nc1nc2cc(Cl)c(C(=O)N(Cc3ccc(C(F)(F)F)cn3)CC3CC3)cc2n2cncc12. The van der Waals surface area contributed by atoms with Gasteiger partial charge in [-0.15, -0.1) is 0 Å². The van der Waals surface area contributed by atoms with Crippen molar-refractivity contribution < 1.29 is 18.0 Å². The molecular formula is C22H18ClF3N6O. The van der Waals surface area contributed by atoms with Gasteiger partial charge in [-0.3, -0.25) is 14.2 Å². The van der Waals surface area contributed by atoms with Gasteiger partial charge in [-0.05, 0) is 43.0 Å². The number of hydrogen-bond donors (Lipinski definition) is 1. The fourth-order valence-electron chi connectivity index (χ4n) is 3.74. The standard InChI is InChI=1S/C22H18ClF3N6O/c23-16-6-17-18(32-11-28-8-19(32)20(27)30-17)5-15(16)21(33)31(9-12-1-2-12)10-14-4-3-13(7-29-14)22(24,25)26/h3-8,11-12H,1-2,9-10H2,(H2,27,30). The molecule has 4 aromatic rings. The number of nitrogens with two attached hydrogens (primary N) is 1. The highest BCUT2D eigenvalue weighted by Gasteiger charge is 2.32. The van der Waals surface area contributed by atoms with Crippen LogP contribution in [0.1, 0.15) is 34.5 Å². The molecule has 0 aliphatic heterocycles. The van der Waals surface area contributed by atoms with Crippen molar-refractivity contribution in [2.75, 3.05) is 12.3 Å². The molecule has 3 heterocycles. The number of alkyl halides is 3. The number of nitrogens with zero attached hydrogens (tertiary/aromatic N) is 5. The summed E-state index contributed by atoms with van der Waals surface area (Å²) >= 11 is 6.45. The van der Waals surface area contributed by atoms with Gasteiger partial charge in [0, 0.05) is 12.7 Å². The summed E-state index contributed by atoms with van der Waals surface area (Å²) in [5.41, 5.74) is 7.50. The minimum absolute atomic E-state index is 0.0717. The lowest BCUT2D eigenvalue weighted by Gasteiger charge is -2.23. The van der Waals surface area contributed by atoms with Crippen molar-refractivity contribution in [3.63, 3.8) is 0 Å². The van der Waals surface area contributed by atoms with E-state index in [-0.39, 0.29) is 23.0 Å². The van der Waals surface area contributed by atoms with Crippen LogP contribution in [0.2, 0.25) is 5.02 Å². The van der Waals surface area contributed by atoms with Crippen molar-refractivity contribution in [2.45, 2.75) is 25.6 Å². The number of carbonyl (C=O) groups excluding carboxylic acids is 1.